The summed E-state index contributed by atoms with van der Waals surface area (Å²) >= 11 is 1.40. The Balaban J connectivity index is 0.000000324. The van der Waals surface area contributed by atoms with Crippen LogP contribution in [0.4, 0.5) is 0 Å². The van der Waals surface area contributed by atoms with Crippen LogP contribution >= 0.6 is 11.3 Å². The van der Waals surface area contributed by atoms with E-state index in [1.807, 2.05) is 20.3 Å². The van der Waals surface area contributed by atoms with Crippen LogP contribution in [0, 0.1) is 11.9 Å². The van der Waals surface area contributed by atoms with Crippen molar-refractivity contribution in [3.8, 4) is 0 Å². The number of aromatic nitrogens is 3. The molecule has 0 atom stereocenters. The van der Waals surface area contributed by atoms with Gasteiger partial charge in [-0.05, 0) is 22.1 Å². The number of thiazole rings is 1. The molecular formula is C8H9N3SY-2. The Kier molecular flexibility index (Phi) is 7.52. The van der Waals surface area contributed by atoms with Gasteiger partial charge in [-0.15, -0.1) is 0 Å². The third-order valence-electron chi connectivity index (χ3n) is 0.966. The number of rotatable bonds is 0. The van der Waals surface area contributed by atoms with Crippen LogP contribution in [0.3, 0.4) is 0 Å². The summed E-state index contributed by atoms with van der Waals surface area (Å²) in [7, 11) is 0. The number of hydrogen-bond donors (Lipinski definition) is 0. The monoisotopic (exact) mass is 268 g/mol. The van der Waals surface area contributed by atoms with Crippen LogP contribution < -0.4 is 0 Å². The summed E-state index contributed by atoms with van der Waals surface area (Å²) in [4.78, 5) is 12.5. The summed E-state index contributed by atoms with van der Waals surface area (Å²) in [5.41, 5.74) is 3.55. The third-order valence-corrected chi connectivity index (χ3v) is 1.66. The molecule has 2 aromatic rings. The Hall–Kier alpha value is 0.0739. The van der Waals surface area contributed by atoms with Gasteiger partial charge in [-0.2, -0.15) is 13.8 Å². The van der Waals surface area contributed by atoms with E-state index in [0.29, 0.717) is 0 Å². The van der Waals surface area contributed by atoms with Crippen LogP contribution in [0.1, 0.15) is 13.8 Å². The molecule has 67 valence electrons. The van der Waals surface area contributed by atoms with Crippen LogP contribution in [0.15, 0.2) is 12.5 Å². The Morgan fingerprint density at radius 2 is 2.15 bits per heavy atom. The molecule has 13 heavy (non-hydrogen) atoms. The Morgan fingerprint density at radius 1 is 1.46 bits per heavy atom. The molecule has 0 aliphatic heterocycles. The van der Waals surface area contributed by atoms with Crippen molar-refractivity contribution in [1.82, 2.24) is 15.0 Å². The van der Waals surface area contributed by atoms with Gasteiger partial charge in [0.15, 0.2) is 0 Å². The van der Waals surface area contributed by atoms with Gasteiger partial charge in [-0.3, -0.25) is 16.3 Å². The molecular weight excluding hydrogens is 259 g/mol. The average Bonchev–Trinajstić information content (AvgIpc) is 2.52. The molecule has 1 radical (unpaired) electrons. The van der Waals surface area contributed by atoms with E-state index in [1.54, 1.807) is 6.20 Å². The summed E-state index contributed by atoms with van der Waals surface area (Å²) in [6, 6.07) is 0. The normalized spacial score (nSPS) is 8.46. The zero-order valence-electron chi connectivity index (χ0n) is 7.56. The summed E-state index contributed by atoms with van der Waals surface area (Å²) in [5.74, 6) is 0. The van der Waals surface area contributed by atoms with Crippen molar-refractivity contribution < 1.29 is 32.7 Å². The summed E-state index contributed by atoms with van der Waals surface area (Å²) in [6.07, 6.45) is 5.18. The van der Waals surface area contributed by atoms with Crippen molar-refractivity contribution in [1.29, 1.82) is 0 Å². The molecule has 2 rings (SSSR count). The summed E-state index contributed by atoms with van der Waals surface area (Å²) in [6.45, 7) is 4.00. The second-order valence-corrected chi connectivity index (χ2v) is 2.87. The van der Waals surface area contributed by atoms with Gasteiger partial charge in [0.05, 0.1) is 0 Å². The molecule has 3 nitrogen and oxygen atoms in total. The van der Waals surface area contributed by atoms with Crippen molar-refractivity contribution >= 4 is 21.7 Å². The Morgan fingerprint density at radius 3 is 2.77 bits per heavy atom. The van der Waals surface area contributed by atoms with E-state index in [4.69, 9.17) is 0 Å². The maximum absolute atomic E-state index is 3.95. The molecule has 5 heteroatoms. The average molecular weight is 268 g/mol. The van der Waals surface area contributed by atoms with Crippen molar-refractivity contribution in [3.05, 3.63) is 24.5 Å². The fourth-order valence-electron chi connectivity index (χ4n) is 0.582. The second kappa shape index (κ2) is 7.48. The SMILES string of the molecule is C[CH-]C.[Y].[c-]1nc2cncnc2s1. The fraction of sp³-hybridized carbons (Fsp3) is 0.250. The van der Waals surface area contributed by atoms with Crippen molar-refractivity contribution in [3.63, 3.8) is 0 Å². The minimum atomic E-state index is 0. The van der Waals surface area contributed by atoms with E-state index in [2.05, 4.69) is 20.5 Å². The summed E-state index contributed by atoms with van der Waals surface area (Å²) in [5, 5.41) is 0. The van der Waals surface area contributed by atoms with Crippen LogP contribution in [0.5, 0.6) is 0 Å². The number of fused-ring (bicyclic) bond motifs is 1. The van der Waals surface area contributed by atoms with E-state index in [0.717, 1.165) is 10.3 Å². The first-order valence-corrected chi connectivity index (χ1v) is 4.36. The van der Waals surface area contributed by atoms with Gasteiger partial charge in [0.1, 0.15) is 6.33 Å². The van der Waals surface area contributed by atoms with Crippen molar-refractivity contribution in [2.24, 2.45) is 0 Å². The molecule has 2 heterocycles. The first-order valence-electron chi connectivity index (χ1n) is 3.55. The minimum absolute atomic E-state index is 0. The Bertz CT molecular complexity index is 306. The first kappa shape index (κ1) is 13.1. The topological polar surface area (TPSA) is 38.7 Å². The summed E-state index contributed by atoms with van der Waals surface area (Å²) < 4.78 is 0. The van der Waals surface area contributed by atoms with Gasteiger partial charge >= 0.3 is 0 Å². The largest absolute Gasteiger partial charge is 0.383 e. The van der Waals surface area contributed by atoms with Gasteiger partial charge in [0.2, 0.25) is 0 Å². The van der Waals surface area contributed by atoms with E-state index in [1.165, 1.54) is 17.7 Å². The van der Waals surface area contributed by atoms with Gasteiger partial charge in [-0.1, -0.05) is 0 Å². The molecule has 0 fully saturated rings. The van der Waals surface area contributed by atoms with Crippen LogP contribution in [-0.2, 0) is 32.7 Å². The minimum Gasteiger partial charge on any atom is -0.383 e. The smallest absolute Gasteiger partial charge is 0.101 e. The zero-order chi connectivity index (χ0) is 8.81. The van der Waals surface area contributed by atoms with Gasteiger partial charge < -0.3 is 16.4 Å². The van der Waals surface area contributed by atoms with Gasteiger partial charge in [-0.25, -0.2) is 0 Å². The molecule has 0 aromatic carbocycles. The van der Waals surface area contributed by atoms with E-state index in [-0.39, 0.29) is 32.7 Å². The van der Waals surface area contributed by atoms with Gasteiger partial charge in [0.25, 0.3) is 0 Å². The zero-order valence-corrected chi connectivity index (χ0v) is 11.2. The maximum Gasteiger partial charge on any atom is 0.101 e. The van der Waals surface area contributed by atoms with Crippen LogP contribution in [0.25, 0.3) is 10.3 Å². The molecule has 0 N–H and O–H groups in total. The fourth-order valence-corrected chi connectivity index (χ4v) is 1.11. The van der Waals surface area contributed by atoms with Crippen molar-refractivity contribution in [2.45, 2.75) is 13.8 Å². The Labute approximate surface area is 107 Å². The molecule has 0 bridgehead atoms. The van der Waals surface area contributed by atoms with E-state index in [9.17, 15) is 0 Å². The van der Waals surface area contributed by atoms with Crippen LogP contribution in [0.2, 0.25) is 0 Å². The molecule has 2 aromatic heterocycles. The first-order chi connectivity index (χ1) is 5.88. The number of hydrogen-bond acceptors (Lipinski definition) is 4. The molecule has 0 saturated heterocycles. The second-order valence-electron chi connectivity index (χ2n) is 2.10. The number of nitrogens with zero attached hydrogens (tertiary/aromatic N) is 3. The molecule has 0 spiro atoms. The van der Waals surface area contributed by atoms with Crippen LogP contribution in [-0.4, -0.2) is 15.0 Å². The van der Waals surface area contributed by atoms with Crippen molar-refractivity contribution in [2.75, 3.05) is 0 Å². The quantitative estimate of drug-likeness (QED) is 0.687. The predicted molar refractivity (Wildman–Crippen MR) is 49.7 cm³/mol. The molecule has 0 aliphatic carbocycles. The molecule has 0 unspecified atom stereocenters. The molecule has 0 amide bonds. The van der Waals surface area contributed by atoms with Gasteiger partial charge in [0, 0.05) is 32.7 Å². The molecule has 0 saturated carbocycles. The van der Waals surface area contributed by atoms with E-state index >= 15 is 0 Å². The predicted octanol–water partition coefficient (Wildman–Crippen LogP) is 2.11. The maximum atomic E-state index is 3.95. The third kappa shape index (κ3) is 4.20. The standard InChI is InChI=1S/C5H2N3S.C3H7.Y/c1-4-5(7-2-6-1)9-3-8-4;1-3-2;/h1-2H;3H,1-2H3;/q2*-1;. The van der Waals surface area contributed by atoms with E-state index < -0.39 is 0 Å². The molecule has 0 aliphatic rings.